The van der Waals surface area contributed by atoms with E-state index in [0.717, 1.165) is 16.3 Å². The maximum absolute atomic E-state index is 11.6. The number of anilines is 1. The molecule has 0 saturated carbocycles. The number of carboxylic acid groups (broad SMARTS) is 1. The summed E-state index contributed by atoms with van der Waals surface area (Å²) in [7, 11) is 0. The summed E-state index contributed by atoms with van der Waals surface area (Å²) in [6.45, 7) is 0.345. The summed E-state index contributed by atoms with van der Waals surface area (Å²) >= 11 is 0. The van der Waals surface area contributed by atoms with E-state index >= 15 is 0 Å². The summed E-state index contributed by atoms with van der Waals surface area (Å²) in [5.41, 5.74) is 1.51. The molecule has 0 bridgehead atoms. The standard InChI is InChI=1S/C21H21NO3/c23-20(17-8-2-1-3-9-17)11-6-14-22(21(24)25)19-13-12-16-7-4-5-10-18(16)15-19/h1-5,7-10,12-13,15,20,23H,6,11,14H2,(H,24,25)/t20-/m0/s1. The van der Waals surface area contributed by atoms with Crippen molar-refractivity contribution in [2.24, 2.45) is 0 Å². The summed E-state index contributed by atoms with van der Waals surface area (Å²) in [5, 5.41) is 21.9. The molecule has 2 N–H and O–H groups in total. The van der Waals surface area contributed by atoms with Crippen LogP contribution in [0.1, 0.15) is 24.5 Å². The Kier molecular flexibility index (Phi) is 5.31. The van der Waals surface area contributed by atoms with Gasteiger partial charge in [0.15, 0.2) is 0 Å². The highest BCUT2D eigenvalue weighted by molar-refractivity contribution is 5.92. The Morgan fingerprint density at radius 1 is 0.920 bits per heavy atom. The fraction of sp³-hybridized carbons (Fsp3) is 0.190. The Morgan fingerprint density at radius 3 is 2.32 bits per heavy atom. The van der Waals surface area contributed by atoms with Gasteiger partial charge in [-0.15, -0.1) is 0 Å². The second-order valence-electron chi connectivity index (χ2n) is 6.03. The number of rotatable bonds is 6. The van der Waals surface area contributed by atoms with Gasteiger partial charge in [-0.1, -0.05) is 60.7 Å². The normalized spacial score (nSPS) is 12.0. The highest BCUT2D eigenvalue weighted by Gasteiger charge is 2.15. The van der Waals surface area contributed by atoms with Crippen LogP contribution in [-0.4, -0.2) is 22.9 Å². The lowest BCUT2D eigenvalue weighted by molar-refractivity contribution is 0.164. The number of carbonyl (C=O) groups is 1. The number of fused-ring (bicyclic) bond motifs is 1. The second-order valence-corrected chi connectivity index (χ2v) is 6.03. The van der Waals surface area contributed by atoms with Gasteiger partial charge in [-0.2, -0.15) is 0 Å². The maximum atomic E-state index is 11.6. The highest BCUT2D eigenvalue weighted by atomic mass is 16.4. The molecule has 0 spiro atoms. The zero-order valence-corrected chi connectivity index (χ0v) is 13.9. The molecular weight excluding hydrogens is 314 g/mol. The number of nitrogens with zero attached hydrogens (tertiary/aromatic N) is 1. The van der Waals surface area contributed by atoms with Crippen LogP contribution in [0.3, 0.4) is 0 Å². The van der Waals surface area contributed by atoms with Gasteiger partial charge in [0, 0.05) is 12.2 Å². The van der Waals surface area contributed by atoms with Gasteiger partial charge in [-0.05, 0) is 41.3 Å². The predicted octanol–water partition coefficient (Wildman–Crippen LogP) is 4.84. The molecule has 0 aliphatic heterocycles. The first kappa shape index (κ1) is 17.0. The Balaban J connectivity index is 1.67. The molecule has 4 heteroatoms. The SMILES string of the molecule is O=C(O)N(CCC[C@H](O)c1ccccc1)c1ccc2ccccc2c1. The molecule has 0 unspecified atom stereocenters. The topological polar surface area (TPSA) is 60.8 Å². The van der Waals surface area contributed by atoms with E-state index in [4.69, 9.17) is 0 Å². The van der Waals surface area contributed by atoms with Gasteiger partial charge >= 0.3 is 6.09 Å². The number of aliphatic hydroxyl groups excluding tert-OH is 1. The lowest BCUT2D eigenvalue weighted by atomic mass is 10.0. The van der Waals surface area contributed by atoms with Crippen molar-refractivity contribution in [3.05, 3.63) is 78.4 Å². The van der Waals surface area contributed by atoms with E-state index in [1.165, 1.54) is 4.90 Å². The Hall–Kier alpha value is -2.85. The minimum absolute atomic E-state index is 0.345. The summed E-state index contributed by atoms with van der Waals surface area (Å²) in [4.78, 5) is 13.0. The third kappa shape index (κ3) is 4.17. The first-order chi connectivity index (χ1) is 12.1. The number of amides is 1. The lowest BCUT2D eigenvalue weighted by Crippen LogP contribution is -2.30. The lowest BCUT2D eigenvalue weighted by Gasteiger charge is -2.20. The third-order valence-corrected chi connectivity index (χ3v) is 4.32. The zero-order valence-electron chi connectivity index (χ0n) is 13.9. The molecule has 128 valence electrons. The number of benzene rings is 3. The highest BCUT2D eigenvalue weighted by Crippen LogP contribution is 2.24. The largest absolute Gasteiger partial charge is 0.465 e. The fourth-order valence-electron chi connectivity index (χ4n) is 2.96. The Morgan fingerprint density at radius 2 is 1.60 bits per heavy atom. The molecule has 3 aromatic carbocycles. The molecule has 3 rings (SSSR count). The Labute approximate surface area is 147 Å². The second kappa shape index (κ2) is 7.81. The van der Waals surface area contributed by atoms with E-state index in [2.05, 4.69) is 0 Å². The molecular formula is C21H21NO3. The van der Waals surface area contributed by atoms with Gasteiger partial charge in [-0.25, -0.2) is 4.79 Å². The molecule has 0 aliphatic rings. The van der Waals surface area contributed by atoms with Crippen molar-refractivity contribution in [1.82, 2.24) is 0 Å². The Bertz CT molecular complexity index is 848. The van der Waals surface area contributed by atoms with Crippen molar-refractivity contribution in [3.8, 4) is 0 Å². The van der Waals surface area contributed by atoms with E-state index in [1.54, 1.807) is 0 Å². The van der Waals surface area contributed by atoms with Crippen LogP contribution in [0, 0.1) is 0 Å². The average Bonchev–Trinajstić information content (AvgIpc) is 2.65. The molecule has 4 nitrogen and oxygen atoms in total. The summed E-state index contributed by atoms with van der Waals surface area (Å²) < 4.78 is 0. The van der Waals surface area contributed by atoms with Crippen molar-refractivity contribution < 1.29 is 15.0 Å². The van der Waals surface area contributed by atoms with Gasteiger partial charge < -0.3 is 10.2 Å². The minimum Gasteiger partial charge on any atom is -0.465 e. The van der Waals surface area contributed by atoms with Gasteiger partial charge in [0.1, 0.15) is 0 Å². The number of hydrogen-bond acceptors (Lipinski definition) is 2. The molecule has 0 aliphatic carbocycles. The fourth-order valence-corrected chi connectivity index (χ4v) is 2.96. The molecule has 25 heavy (non-hydrogen) atoms. The molecule has 0 saturated heterocycles. The van der Waals surface area contributed by atoms with Crippen molar-refractivity contribution >= 4 is 22.6 Å². The van der Waals surface area contributed by atoms with Crippen LogP contribution >= 0.6 is 0 Å². The van der Waals surface area contributed by atoms with Crippen molar-refractivity contribution in [3.63, 3.8) is 0 Å². The van der Waals surface area contributed by atoms with Gasteiger partial charge in [0.25, 0.3) is 0 Å². The quantitative estimate of drug-likeness (QED) is 0.678. The van der Waals surface area contributed by atoms with Crippen molar-refractivity contribution in [1.29, 1.82) is 0 Å². The molecule has 0 radical (unpaired) electrons. The molecule has 0 heterocycles. The first-order valence-corrected chi connectivity index (χ1v) is 8.37. The van der Waals surface area contributed by atoms with Crippen LogP contribution in [0.2, 0.25) is 0 Å². The van der Waals surface area contributed by atoms with Crippen LogP contribution in [0.5, 0.6) is 0 Å². The smallest absolute Gasteiger partial charge is 0.411 e. The average molecular weight is 335 g/mol. The number of aliphatic hydroxyl groups is 1. The van der Waals surface area contributed by atoms with E-state index in [1.807, 2.05) is 72.8 Å². The molecule has 3 aromatic rings. The van der Waals surface area contributed by atoms with Gasteiger partial charge in [-0.3, -0.25) is 4.90 Å². The zero-order chi connectivity index (χ0) is 17.6. The van der Waals surface area contributed by atoms with Gasteiger partial charge in [0.05, 0.1) is 6.10 Å². The van der Waals surface area contributed by atoms with E-state index in [-0.39, 0.29) is 0 Å². The van der Waals surface area contributed by atoms with Crippen molar-refractivity contribution in [2.45, 2.75) is 18.9 Å². The first-order valence-electron chi connectivity index (χ1n) is 8.37. The van der Waals surface area contributed by atoms with Crippen LogP contribution in [0.15, 0.2) is 72.8 Å². The minimum atomic E-state index is -0.982. The van der Waals surface area contributed by atoms with Crippen LogP contribution in [-0.2, 0) is 0 Å². The van der Waals surface area contributed by atoms with E-state index in [9.17, 15) is 15.0 Å². The molecule has 1 atom stereocenters. The van der Waals surface area contributed by atoms with Gasteiger partial charge in [0.2, 0.25) is 0 Å². The van der Waals surface area contributed by atoms with Crippen LogP contribution in [0.25, 0.3) is 10.8 Å². The molecule has 1 amide bonds. The van der Waals surface area contributed by atoms with E-state index < -0.39 is 12.2 Å². The van der Waals surface area contributed by atoms with Crippen molar-refractivity contribution in [2.75, 3.05) is 11.4 Å². The molecule has 0 fully saturated rings. The van der Waals surface area contributed by atoms with Crippen LogP contribution < -0.4 is 4.90 Å². The third-order valence-electron chi connectivity index (χ3n) is 4.32. The van der Waals surface area contributed by atoms with Crippen LogP contribution in [0.4, 0.5) is 10.5 Å². The number of hydrogen-bond donors (Lipinski definition) is 2. The summed E-state index contributed by atoms with van der Waals surface area (Å²) in [6, 6.07) is 22.9. The maximum Gasteiger partial charge on any atom is 0.411 e. The van der Waals surface area contributed by atoms with E-state index in [0.29, 0.717) is 25.1 Å². The monoisotopic (exact) mass is 335 g/mol. The predicted molar refractivity (Wildman–Crippen MR) is 100.0 cm³/mol. The summed E-state index contributed by atoms with van der Waals surface area (Å²) in [6.07, 6.45) is -0.464. The summed E-state index contributed by atoms with van der Waals surface area (Å²) in [5.74, 6) is 0. The molecule has 0 aromatic heterocycles.